The number of benzene rings is 1. The molecule has 0 spiro atoms. The van der Waals surface area contributed by atoms with Gasteiger partial charge >= 0.3 is 0 Å². The molecule has 0 atom stereocenters. The van der Waals surface area contributed by atoms with Crippen LogP contribution in [-0.2, 0) is 0 Å². The number of thioether (sulfide) groups is 1. The Morgan fingerprint density at radius 3 is 2.75 bits per heavy atom. The van der Waals surface area contributed by atoms with Gasteiger partial charge in [-0.25, -0.2) is 4.99 Å². The van der Waals surface area contributed by atoms with Gasteiger partial charge in [-0.05, 0) is 18.4 Å². The SMILES string of the molecule is CSC(=Nc1cc(O)cc(C#N)c1)NC#N. The van der Waals surface area contributed by atoms with Crippen molar-refractivity contribution in [3.63, 3.8) is 0 Å². The van der Waals surface area contributed by atoms with Crippen LogP contribution < -0.4 is 5.32 Å². The first-order chi connectivity index (χ1) is 7.69. The van der Waals surface area contributed by atoms with Gasteiger partial charge in [-0.1, -0.05) is 11.8 Å². The van der Waals surface area contributed by atoms with E-state index in [-0.39, 0.29) is 5.75 Å². The van der Waals surface area contributed by atoms with Crippen molar-refractivity contribution in [1.29, 1.82) is 10.5 Å². The van der Waals surface area contributed by atoms with Gasteiger partial charge in [0, 0.05) is 6.07 Å². The third-order valence-electron chi connectivity index (χ3n) is 1.62. The summed E-state index contributed by atoms with van der Waals surface area (Å²) in [6, 6.07) is 6.19. The molecule has 0 aliphatic heterocycles. The Kier molecular flexibility index (Phi) is 4.19. The second kappa shape index (κ2) is 5.64. The summed E-state index contributed by atoms with van der Waals surface area (Å²) in [5.74, 6) is -0.0322. The van der Waals surface area contributed by atoms with E-state index >= 15 is 0 Å². The zero-order chi connectivity index (χ0) is 12.0. The van der Waals surface area contributed by atoms with Gasteiger partial charge in [-0.2, -0.15) is 10.5 Å². The predicted molar refractivity (Wildman–Crippen MR) is 62.2 cm³/mol. The molecule has 0 aromatic heterocycles. The number of nitrogens with zero attached hydrogens (tertiary/aromatic N) is 3. The van der Waals surface area contributed by atoms with E-state index in [0.717, 1.165) is 0 Å². The molecule has 0 saturated carbocycles. The minimum atomic E-state index is -0.0322. The summed E-state index contributed by atoms with van der Waals surface area (Å²) in [6.45, 7) is 0. The zero-order valence-corrected chi connectivity index (χ0v) is 9.25. The fourth-order valence-corrected chi connectivity index (χ4v) is 1.36. The van der Waals surface area contributed by atoms with Gasteiger partial charge in [0.05, 0.1) is 17.3 Å². The lowest BCUT2D eigenvalue weighted by Crippen LogP contribution is -2.12. The Labute approximate surface area is 97.0 Å². The highest BCUT2D eigenvalue weighted by Crippen LogP contribution is 2.22. The Morgan fingerprint density at radius 2 is 2.19 bits per heavy atom. The summed E-state index contributed by atoms with van der Waals surface area (Å²) in [6.07, 6.45) is 3.51. The molecule has 2 N–H and O–H groups in total. The fourth-order valence-electron chi connectivity index (χ4n) is 1.01. The molecule has 0 radical (unpaired) electrons. The van der Waals surface area contributed by atoms with Crippen LogP contribution in [0.1, 0.15) is 5.56 Å². The Hall–Kier alpha value is -2.18. The fraction of sp³-hybridized carbons (Fsp3) is 0.100. The van der Waals surface area contributed by atoms with Crippen LogP contribution in [0.15, 0.2) is 23.2 Å². The lowest BCUT2D eigenvalue weighted by molar-refractivity contribution is 0.475. The van der Waals surface area contributed by atoms with Crippen LogP contribution in [0.5, 0.6) is 5.75 Å². The number of phenols is 1. The second-order valence-corrected chi connectivity index (χ2v) is 3.50. The highest BCUT2D eigenvalue weighted by molar-refractivity contribution is 8.13. The molecule has 80 valence electrons. The summed E-state index contributed by atoms with van der Waals surface area (Å²) in [4.78, 5) is 4.07. The van der Waals surface area contributed by atoms with Crippen LogP contribution in [0.4, 0.5) is 5.69 Å². The van der Waals surface area contributed by atoms with Crippen LogP contribution in [0, 0.1) is 22.8 Å². The number of rotatable bonds is 1. The molecule has 0 unspecified atom stereocenters. The minimum absolute atomic E-state index is 0.0322. The van der Waals surface area contributed by atoms with E-state index in [1.165, 1.54) is 30.0 Å². The lowest BCUT2D eigenvalue weighted by Gasteiger charge is -2.01. The van der Waals surface area contributed by atoms with Crippen molar-refractivity contribution in [1.82, 2.24) is 5.32 Å². The van der Waals surface area contributed by atoms with Crippen molar-refractivity contribution in [2.45, 2.75) is 0 Å². The molecule has 1 aromatic carbocycles. The van der Waals surface area contributed by atoms with Gasteiger partial charge in [0.2, 0.25) is 0 Å². The average Bonchev–Trinajstić information content (AvgIpc) is 2.27. The van der Waals surface area contributed by atoms with Crippen LogP contribution in [-0.4, -0.2) is 16.5 Å². The molecule has 1 aromatic rings. The van der Waals surface area contributed by atoms with Gasteiger partial charge in [0.15, 0.2) is 11.4 Å². The van der Waals surface area contributed by atoms with E-state index in [2.05, 4.69) is 10.3 Å². The molecule has 5 nitrogen and oxygen atoms in total. The molecule has 0 aliphatic rings. The van der Waals surface area contributed by atoms with Gasteiger partial charge in [0.25, 0.3) is 0 Å². The summed E-state index contributed by atoms with van der Waals surface area (Å²) in [7, 11) is 0. The maximum Gasteiger partial charge on any atom is 0.183 e. The molecular weight excluding hydrogens is 224 g/mol. The summed E-state index contributed by atoms with van der Waals surface area (Å²) >= 11 is 1.26. The van der Waals surface area contributed by atoms with Crippen LogP contribution in [0.3, 0.4) is 0 Å². The van der Waals surface area contributed by atoms with Gasteiger partial charge < -0.3 is 5.11 Å². The van der Waals surface area contributed by atoms with E-state index in [4.69, 9.17) is 10.5 Å². The van der Waals surface area contributed by atoms with Gasteiger partial charge in [0.1, 0.15) is 5.75 Å². The molecule has 0 saturated heterocycles. The number of amidine groups is 1. The topological polar surface area (TPSA) is 92.2 Å². The summed E-state index contributed by atoms with van der Waals surface area (Å²) in [5, 5.41) is 29.3. The molecule has 16 heavy (non-hydrogen) atoms. The van der Waals surface area contributed by atoms with Crippen molar-refractivity contribution in [2.75, 3.05) is 6.26 Å². The zero-order valence-electron chi connectivity index (χ0n) is 8.43. The number of aromatic hydroxyl groups is 1. The van der Waals surface area contributed by atoms with E-state index in [1.54, 1.807) is 12.4 Å². The number of hydrogen-bond acceptors (Lipinski definition) is 5. The number of nitrogens with one attached hydrogen (secondary N) is 1. The first kappa shape index (κ1) is 11.9. The molecule has 0 bridgehead atoms. The molecule has 0 aliphatic carbocycles. The first-order valence-corrected chi connectivity index (χ1v) is 5.44. The standard InChI is InChI=1S/C10H8N4OS/c1-16-10(13-6-12)14-8-2-7(5-11)3-9(15)4-8/h2-4,15H,1H3,(H,13,14). The van der Waals surface area contributed by atoms with Crippen molar-refractivity contribution >= 4 is 22.6 Å². The van der Waals surface area contributed by atoms with Crippen molar-refractivity contribution in [2.24, 2.45) is 4.99 Å². The van der Waals surface area contributed by atoms with E-state index < -0.39 is 0 Å². The van der Waals surface area contributed by atoms with Crippen molar-refractivity contribution < 1.29 is 5.11 Å². The third-order valence-corrected chi connectivity index (χ3v) is 2.20. The second-order valence-electron chi connectivity index (χ2n) is 2.71. The molecular formula is C10H8N4OS. The Morgan fingerprint density at radius 1 is 1.44 bits per heavy atom. The number of nitriles is 2. The summed E-state index contributed by atoms with van der Waals surface area (Å²) in [5.41, 5.74) is 0.736. The third kappa shape index (κ3) is 3.19. The highest BCUT2D eigenvalue weighted by atomic mass is 32.2. The van der Waals surface area contributed by atoms with E-state index in [0.29, 0.717) is 16.4 Å². The molecule has 6 heteroatoms. The lowest BCUT2D eigenvalue weighted by atomic mass is 10.2. The predicted octanol–water partition coefficient (Wildman–Crippen LogP) is 1.69. The largest absolute Gasteiger partial charge is 0.508 e. The molecule has 0 amide bonds. The van der Waals surface area contributed by atoms with Crippen molar-refractivity contribution in [3.8, 4) is 18.0 Å². The van der Waals surface area contributed by atoms with Crippen molar-refractivity contribution in [3.05, 3.63) is 23.8 Å². The molecule has 1 rings (SSSR count). The number of hydrogen-bond donors (Lipinski definition) is 2. The first-order valence-electron chi connectivity index (χ1n) is 4.21. The monoisotopic (exact) mass is 232 g/mol. The van der Waals surface area contributed by atoms with Crippen LogP contribution in [0.2, 0.25) is 0 Å². The van der Waals surface area contributed by atoms with Crippen LogP contribution in [0.25, 0.3) is 0 Å². The smallest absolute Gasteiger partial charge is 0.183 e. The van der Waals surface area contributed by atoms with Crippen LogP contribution >= 0.6 is 11.8 Å². The minimum Gasteiger partial charge on any atom is -0.508 e. The quantitative estimate of drug-likeness (QED) is 0.332. The van der Waals surface area contributed by atoms with E-state index in [1.807, 2.05) is 6.07 Å². The number of phenolic OH excluding ortho intramolecular Hbond substituents is 1. The summed E-state index contributed by atoms with van der Waals surface area (Å²) < 4.78 is 0. The Balaban J connectivity index is 3.10. The van der Waals surface area contributed by atoms with E-state index in [9.17, 15) is 5.11 Å². The maximum atomic E-state index is 9.33. The van der Waals surface area contributed by atoms with Gasteiger partial charge in [-0.3, -0.25) is 5.32 Å². The van der Waals surface area contributed by atoms with Gasteiger partial charge in [-0.15, -0.1) is 0 Å². The average molecular weight is 232 g/mol. The Bertz CT molecular complexity index is 499. The normalized spacial score (nSPS) is 10.3. The molecule has 0 heterocycles. The molecule has 0 fully saturated rings. The number of aliphatic imine (C=N–C) groups is 1. The highest BCUT2D eigenvalue weighted by Gasteiger charge is 2.01. The maximum absolute atomic E-state index is 9.33.